The highest BCUT2D eigenvalue weighted by molar-refractivity contribution is 6.37. The average Bonchev–Trinajstić information content (AvgIpc) is 2.92. The fraction of sp³-hybridized carbons (Fsp3) is 0.333. The number of carbonyl (C=O) groups is 3. The number of aromatic amines is 1. The van der Waals surface area contributed by atoms with Gasteiger partial charge in [-0.3, -0.25) is 9.59 Å². The molecule has 130 valence electrons. The summed E-state index contributed by atoms with van der Waals surface area (Å²) in [6.07, 6.45) is -0.528. The Bertz CT molecular complexity index is 897. The maximum absolute atomic E-state index is 12.8. The smallest absolute Gasteiger partial charge is 0.355 e. The van der Waals surface area contributed by atoms with Crippen LogP contribution in [-0.4, -0.2) is 46.5 Å². The molecule has 0 saturated carbocycles. The maximum atomic E-state index is 12.8. The van der Waals surface area contributed by atoms with Crippen molar-refractivity contribution in [3.8, 4) is 0 Å². The van der Waals surface area contributed by atoms with Crippen molar-refractivity contribution in [2.45, 2.75) is 32.8 Å². The molecule has 2 heterocycles. The third-order valence-corrected chi connectivity index (χ3v) is 4.24. The molecular weight excluding hydrogens is 322 g/mol. The number of hydrogen-bond acceptors (Lipinski definition) is 5. The molecule has 1 amide bonds. The Morgan fingerprint density at radius 3 is 2.72 bits per heavy atom. The van der Waals surface area contributed by atoms with Crippen LogP contribution in [0.1, 0.15) is 35.8 Å². The number of nitrogens with zero attached hydrogens (tertiary/aromatic N) is 2. The molecule has 25 heavy (non-hydrogen) atoms. The zero-order valence-corrected chi connectivity index (χ0v) is 14.3. The second kappa shape index (κ2) is 6.51. The van der Waals surface area contributed by atoms with E-state index in [9.17, 15) is 14.4 Å². The topological polar surface area (TPSA) is 91.8 Å². The lowest BCUT2D eigenvalue weighted by Crippen LogP contribution is -2.35. The summed E-state index contributed by atoms with van der Waals surface area (Å²) in [6, 6.07) is 7.48. The van der Waals surface area contributed by atoms with Crippen LogP contribution in [0.5, 0.6) is 0 Å². The Morgan fingerprint density at radius 2 is 2.00 bits per heavy atom. The van der Waals surface area contributed by atoms with Crippen LogP contribution < -0.4 is 0 Å². The highest BCUT2D eigenvalue weighted by Gasteiger charge is 2.28. The van der Waals surface area contributed by atoms with Gasteiger partial charge in [-0.05, 0) is 19.9 Å². The van der Waals surface area contributed by atoms with Gasteiger partial charge in [-0.2, -0.15) is 5.10 Å². The van der Waals surface area contributed by atoms with E-state index >= 15 is 0 Å². The number of fused-ring (bicyclic) bond motifs is 1. The summed E-state index contributed by atoms with van der Waals surface area (Å²) in [6.45, 7) is 3.35. The van der Waals surface area contributed by atoms with Gasteiger partial charge in [0.25, 0.3) is 0 Å². The number of hydrazone groups is 1. The van der Waals surface area contributed by atoms with E-state index < -0.39 is 12.1 Å². The molecule has 1 aromatic carbocycles. The Morgan fingerprint density at radius 1 is 1.28 bits per heavy atom. The number of para-hydroxylation sites is 1. The minimum atomic E-state index is -0.948. The zero-order chi connectivity index (χ0) is 18.1. The molecule has 0 unspecified atom stereocenters. The number of benzene rings is 1. The van der Waals surface area contributed by atoms with E-state index in [0.29, 0.717) is 5.56 Å². The molecule has 7 nitrogen and oxygen atoms in total. The molecule has 1 aromatic heterocycles. The first-order valence-electron chi connectivity index (χ1n) is 8.05. The molecule has 2 aromatic rings. The number of carbonyl (C=O) groups excluding carboxylic acids is 3. The van der Waals surface area contributed by atoms with Crippen molar-refractivity contribution < 1.29 is 19.1 Å². The molecule has 0 bridgehead atoms. The predicted molar refractivity (Wildman–Crippen MR) is 92.4 cm³/mol. The van der Waals surface area contributed by atoms with Gasteiger partial charge in [0, 0.05) is 42.0 Å². The second-order valence-electron chi connectivity index (χ2n) is 6.05. The first-order valence-corrected chi connectivity index (χ1v) is 8.05. The molecule has 0 spiro atoms. The summed E-state index contributed by atoms with van der Waals surface area (Å²) in [7, 11) is 1.48. The van der Waals surface area contributed by atoms with Crippen LogP contribution in [0, 0.1) is 6.92 Å². The molecule has 1 atom stereocenters. The lowest BCUT2D eigenvalue weighted by molar-refractivity contribution is -0.138. The van der Waals surface area contributed by atoms with Crippen molar-refractivity contribution in [3.63, 3.8) is 0 Å². The zero-order valence-electron chi connectivity index (χ0n) is 14.3. The van der Waals surface area contributed by atoms with Crippen LogP contribution in [0.4, 0.5) is 0 Å². The summed E-state index contributed by atoms with van der Waals surface area (Å²) >= 11 is 0. The van der Waals surface area contributed by atoms with Gasteiger partial charge in [-0.1, -0.05) is 18.2 Å². The van der Waals surface area contributed by atoms with Crippen molar-refractivity contribution in [3.05, 3.63) is 35.5 Å². The van der Waals surface area contributed by atoms with Crippen molar-refractivity contribution >= 4 is 34.3 Å². The number of ketones is 1. The molecule has 0 aliphatic carbocycles. The molecule has 3 rings (SSSR count). The summed E-state index contributed by atoms with van der Waals surface area (Å²) < 4.78 is 5.29. The van der Waals surface area contributed by atoms with Gasteiger partial charge in [0.2, 0.25) is 11.7 Å². The normalized spacial score (nSPS) is 15.9. The van der Waals surface area contributed by atoms with E-state index in [1.807, 2.05) is 31.2 Å². The van der Waals surface area contributed by atoms with E-state index in [2.05, 4.69) is 10.1 Å². The van der Waals surface area contributed by atoms with Crippen LogP contribution in [0.2, 0.25) is 0 Å². The van der Waals surface area contributed by atoms with Crippen LogP contribution >= 0.6 is 0 Å². The largest absolute Gasteiger partial charge is 0.450 e. The van der Waals surface area contributed by atoms with E-state index in [0.717, 1.165) is 21.6 Å². The Kier molecular flexibility index (Phi) is 4.39. The first-order chi connectivity index (χ1) is 11.9. The van der Waals surface area contributed by atoms with E-state index in [1.165, 1.54) is 7.05 Å². The van der Waals surface area contributed by atoms with Crippen molar-refractivity contribution in [1.82, 2.24) is 9.99 Å². The average molecular weight is 341 g/mol. The number of aromatic nitrogens is 1. The van der Waals surface area contributed by atoms with Gasteiger partial charge in [-0.15, -0.1) is 0 Å². The molecule has 0 fully saturated rings. The second-order valence-corrected chi connectivity index (χ2v) is 6.05. The molecule has 1 aliphatic rings. The lowest BCUT2D eigenvalue weighted by atomic mass is 10.0. The quantitative estimate of drug-likeness (QED) is 0.681. The molecule has 1 N–H and O–H groups in total. The Balaban J connectivity index is 1.79. The fourth-order valence-corrected chi connectivity index (χ4v) is 2.90. The summed E-state index contributed by atoms with van der Waals surface area (Å²) in [5, 5.41) is 5.83. The standard InChI is InChI=1S/C18H19N3O4/c1-10-16(12-6-4-5-7-13(12)19-10)17(23)11(2)25-18(24)14-8-9-15(22)21(3)20-14/h4-7,11,19H,8-9H2,1-3H3/t11-/m0/s1. The number of nitrogens with one attached hydrogen (secondary N) is 1. The van der Waals surface area contributed by atoms with Gasteiger partial charge in [-0.25, -0.2) is 9.80 Å². The maximum Gasteiger partial charge on any atom is 0.355 e. The monoisotopic (exact) mass is 341 g/mol. The van der Waals surface area contributed by atoms with Crippen molar-refractivity contribution in [2.24, 2.45) is 5.10 Å². The number of Topliss-reactive ketones (excluding diaryl/α,β-unsaturated/α-hetero) is 1. The summed E-state index contributed by atoms with van der Waals surface area (Å²) in [5.74, 6) is -1.10. The fourth-order valence-electron chi connectivity index (χ4n) is 2.90. The predicted octanol–water partition coefficient (Wildman–Crippen LogP) is 2.20. The van der Waals surface area contributed by atoms with Gasteiger partial charge in [0.15, 0.2) is 6.10 Å². The third kappa shape index (κ3) is 3.17. The van der Waals surface area contributed by atoms with Gasteiger partial charge in [0.05, 0.1) is 0 Å². The van der Waals surface area contributed by atoms with Crippen molar-refractivity contribution in [1.29, 1.82) is 0 Å². The number of esters is 1. The van der Waals surface area contributed by atoms with E-state index in [4.69, 9.17) is 4.74 Å². The van der Waals surface area contributed by atoms with Crippen LogP contribution in [-0.2, 0) is 14.3 Å². The first kappa shape index (κ1) is 16.9. The number of rotatable bonds is 4. The Labute approximate surface area is 144 Å². The van der Waals surface area contributed by atoms with Gasteiger partial charge in [0.1, 0.15) is 5.71 Å². The van der Waals surface area contributed by atoms with Crippen LogP contribution in [0.3, 0.4) is 0 Å². The number of H-pyrrole nitrogens is 1. The Hall–Kier alpha value is -2.96. The lowest BCUT2D eigenvalue weighted by Gasteiger charge is -2.19. The highest BCUT2D eigenvalue weighted by Crippen LogP contribution is 2.24. The summed E-state index contributed by atoms with van der Waals surface area (Å²) in [5.41, 5.74) is 2.26. The molecular formula is C18H19N3O4. The number of amides is 1. The minimum Gasteiger partial charge on any atom is -0.450 e. The number of ether oxygens (including phenoxy) is 1. The SMILES string of the molecule is Cc1[nH]c2ccccc2c1C(=O)[C@H](C)OC(=O)C1=NN(C)C(=O)CC1. The summed E-state index contributed by atoms with van der Waals surface area (Å²) in [4.78, 5) is 39.6. The van der Waals surface area contributed by atoms with Crippen LogP contribution in [0.15, 0.2) is 29.4 Å². The van der Waals surface area contributed by atoms with E-state index in [-0.39, 0.29) is 30.2 Å². The van der Waals surface area contributed by atoms with E-state index in [1.54, 1.807) is 6.92 Å². The molecule has 1 aliphatic heterocycles. The molecule has 0 radical (unpaired) electrons. The third-order valence-electron chi connectivity index (χ3n) is 4.24. The molecule has 0 saturated heterocycles. The van der Waals surface area contributed by atoms with Crippen molar-refractivity contribution in [2.75, 3.05) is 7.05 Å². The minimum absolute atomic E-state index is 0.150. The van der Waals surface area contributed by atoms with Gasteiger partial charge >= 0.3 is 5.97 Å². The molecule has 7 heteroatoms. The number of hydrogen-bond donors (Lipinski definition) is 1. The number of aryl methyl sites for hydroxylation is 1. The van der Waals surface area contributed by atoms with Gasteiger partial charge < -0.3 is 9.72 Å². The highest BCUT2D eigenvalue weighted by atomic mass is 16.5. The van der Waals surface area contributed by atoms with Crippen LogP contribution in [0.25, 0.3) is 10.9 Å².